The second kappa shape index (κ2) is 5.92. The zero-order valence-electron chi connectivity index (χ0n) is 12.1. The fourth-order valence-electron chi connectivity index (χ4n) is 2.66. The first kappa shape index (κ1) is 14.2. The number of nitrogens with zero attached hydrogens (tertiary/aromatic N) is 1. The molecule has 1 saturated heterocycles. The number of carbonyl (C=O) groups excluding carboxylic acids is 1. The third kappa shape index (κ3) is 2.69. The minimum atomic E-state index is -0.263. The summed E-state index contributed by atoms with van der Waals surface area (Å²) in [4.78, 5) is 15.5. The Morgan fingerprint density at radius 3 is 2.29 bits per heavy atom. The lowest BCUT2D eigenvalue weighted by atomic mass is 10.1. The second-order valence-corrected chi connectivity index (χ2v) is 6.01. The summed E-state index contributed by atoms with van der Waals surface area (Å²) in [7, 11) is 1.85. The minimum absolute atomic E-state index is 0.0707. The molecule has 0 bridgehead atoms. The van der Waals surface area contributed by atoms with Gasteiger partial charge in [0.05, 0.1) is 0 Å². The van der Waals surface area contributed by atoms with Crippen molar-refractivity contribution in [3.05, 3.63) is 65.7 Å². The van der Waals surface area contributed by atoms with Crippen LogP contribution >= 0.6 is 11.8 Å². The molecule has 1 heterocycles. The number of hydrogen-bond acceptors (Lipinski definition) is 3. The van der Waals surface area contributed by atoms with Crippen LogP contribution in [0.2, 0.25) is 0 Å². The molecular weight excluding hydrogens is 280 g/mol. The van der Waals surface area contributed by atoms with Gasteiger partial charge in [0.25, 0.3) is 0 Å². The predicted octanol–water partition coefficient (Wildman–Crippen LogP) is 3.21. The van der Waals surface area contributed by atoms with Gasteiger partial charge in [0.15, 0.2) is 0 Å². The Morgan fingerprint density at radius 2 is 1.67 bits per heavy atom. The lowest BCUT2D eigenvalue weighted by molar-refractivity contribution is -0.128. The van der Waals surface area contributed by atoms with E-state index in [9.17, 15) is 4.79 Å². The number of hydrogen-bond donors (Lipinski definition) is 1. The van der Waals surface area contributed by atoms with Crippen LogP contribution in [0, 0.1) is 0 Å². The second-order valence-electron chi connectivity index (χ2n) is 5.14. The fourth-order valence-corrected chi connectivity index (χ4v) is 3.07. The lowest BCUT2D eigenvalue weighted by Gasteiger charge is -2.19. The normalized spacial score (nSPS) is 21.8. The summed E-state index contributed by atoms with van der Waals surface area (Å²) in [6.07, 6.45) is 1.99. The Morgan fingerprint density at radius 1 is 1.00 bits per heavy atom. The molecule has 1 aliphatic rings. The fraction of sp³-hybridized carbons (Fsp3) is 0.235. The summed E-state index contributed by atoms with van der Waals surface area (Å²) in [5.41, 5.74) is 2.12. The summed E-state index contributed by atoms with van der Waals surface area (Å²) >= 11 is 1.72. The van der Waals surface area contributed by atoms with Gasteiger partial charge in [0.1, 0.15) is 12.2 Å². The molecule has 1 fully saturated rings. The van der Waals surface area contributed by atoms with Crippen LogP contribution in [0.4, 0.5) is 0 Å². The van der Waals surface area contributed by atoms with Crippen LogP contribution in [0.15, 0.2) is 59.5 Å². The van der Waals surface area contributed by atoms with Crippen molar-refractivity contribution in [2.75, 3.05) is 13.3 Å². The van der Waals surface area contributed by atoms with Gasteiger partial charge in [-0.2, -0.15) is 0 Å². The summed E-state index contributed by atoms with van der Waals surface area (Å²) in [6, 6.07) is 18.0. The number of carbonyl (C=O) groups is 1. The molecule has 0 spiro atoms. The van der Waals surface area contributed by atoms with Gasteiger partial charge in [-0.05, 0) is 29.5 Å². The van der Waals surface area contributed by atoms with E-state index in [2.05, 4.69) is 35.8 Å². The Kier molecular flexibility index (Phi) is 3.99. The van der Waals surface area contributed by atoms with Crippen LogP contribution in [0.3, 0.4) is 0 Å². The van der Waals surface area contributed by atoms with Crippen molar-refractivity contribution in [3.8, 4) is 0 Å². The van der Waals surface area contributed by atoms with Gasteiger partial charge < -0.3 is 4.90 Å². The molecule has 2 unspecified atom stereocenters. The first-order valence-corrected chi connectivity index (χ1v) is 8.15. The Hall–Kier alpha value is -1.78. The molecule has 0 saturated carbocycles. The van der Waals surface area contributed by atoms with Gasteiger partial charge in [-0.1, -0.05) is 42.5 Å². The van der Waals surface area contributed by atoms with Gasteiger partial charge in [-0.15, -0.1) is 11.8 Å². The number of likely N-dealkylation sites (N-methyl/N-ethyl adjacent to an activating group) is 1. The van der Waals surface area contributed by atoms with E-state index in [1.165, 1.54) is 4.90 Å². The third-order valence-corrected chi connectivity index (χ3v) is 4.61. The zero-order valence-corrected chi connectivity index (χ0v) is 12.9. The Labute approximate surface area is 129 Å². The highest BCUT2D eigenvalue weighted by Crippen LogP contribution is 2.31. The standard InChI is InChI=1S/C17H18N2OS/c1-19-16(13-8-10-14(21-2)11-9-13)18-15(17(19)20)12-6-4-3-5-7-12/h3-11,15-16,18H,1-2H3. The Balaban J connectivity index is 1.86. The van der Waals surface area contributed by atoms with E-state index < -0.39 is 0 Å². The average Bonchev–Trinajstić information content (AvgIpc) is 2.84. The predicted molar refractivity (Wildman–Crippen MR) is 86.1 cm³/mol. The molecule has 2 atom stereocenters. The molecule has 1 amide bonds. The first-order chi connectivity index (χ1) is 10.2. The summed E-state index contributed by atoms with van der Waals surface area (Å²) in [6.45, 7) is 0. The van der Waals surface area contributed by atoms with Crippen LogP contribution in [-0.2, 0) is 4.79 Å². The van der Waals surface area contributed by atoms with Crippen molar-refractivity contribution < 1.29 is 4.79 Å². The Bertz CT molecular complexity index is 627. The van der Waals surface area contributed by atoms with Crippen molar-refractivity contribution in [2.45, 2.75) is 17.1 Å². The highest BCUT2D eigenvalue weighted by molar-refractivity contribution is 7.98. The summed E-state index contributed by atoms with van der Waals surface area (Å²) < 4.78 is 0. The SMILES string of the molecule is CSc1ccc(C2NC(c3ccccc3)C(=O)N2C)cc1. The molecule has 3 rings (SSSR count). The molecule has 0 aliphatic carbocycles. The maximum atomic E-state index is 12.5. The molecule has 4 heteroatoms. The molecule has 21 heavy (non-hydrogen) atoms. The van der Waals surface area contributed by atoms with Crippen LogP contribution in [0.5, 0.6) is 0 Å². The summed E-state index contributed by atoms with van der Waals surface area (Å²) in [5.74, 6) is 0.111. The maximum absolute atomic E-state index is 12.5. The monoisotopic (exact) mass is 298 g/mol. The highest BCUT2D eigenvalue weighted by Gasteiger charge is 2.37. The third-order valence-electron chi connectivity index (χ3n) is 3.87. The van der Waals surface area contributed by atoms with Gasteiger partial charge >= 0.3 is 0 Å². The largest absolute Gasteiger partial charge is 0.324 e. The molecule has 1 aliphatic heterocycles. The number of rotatable bonds is 3. The molecule has 0 radical (unpaired) electrons. The molecule has 108 valence electrons. The lowest BCUT2D eigenvalue weighted by Crippen LogP contribution is -2.25. The molecule has 2 aromatic carbocycles. The first-order valence-electron chi connectivity index (χ1n) is 6.92. The van der Waals surface area contributed by atoms with E-state index >= 15 is 0 Å². The quantitative estimate of drug-likeness (QED) is 0.883. The molecule has 1 N–H and O–H groups in total. The molecule has 2 aromatic rings. The van der Waals surface area contributed by atoms with E-state index in [0.29, 0.717) is 0 Å². The van der Waals surface area contributed by atoms with Crippen molar-refractivity contribution in [1.29, 1.82) is 0 Å². The number of benzene rings is 2. The average molecular weight is 298 g/mol. The van der Waals surface area contributed by atoms with Gasteiger partial charge in [-0.3, -0.25) is 10.1 Å². The van der Waals surface area contributed by atoms with Crippen molar-refractivity contribution in [1.82, 2.24) is 10.2 Å². The topological polar surface area (TPSA) is 32.3 Å². The molecular formula is C17H18N2OS. The van der Waals surface area contributed by atoms with E-state index in [1.54, 1.807) is 16.7 Å². The van der Waals surface area contributed by atoms with Crippen LogP contribution in [0.25, 0.3) is 0 Å². The molecule has 0 aromatic heterocycles. The smallest absolute Gasteiger partial charge is 0.245 e. The highest BCUT2D eigenvalue weighted by atomic mass is 32.2. The number of nitrogens with one attached hydrogen (secondary N) is 1. The maximum Gasteiger partial charge on any atom is 0.245 e. The van der Waals surface area contributed by atoms with Crippen LogP contribution in [-0.4, -0.2) is 24.1 Å². The van der Waals surface area contributed by atoms with Crippen molar-refractivity contribution in [3.63, 3.8) is 0 Å². The van der Waals surface area contributed by atoms with Gasteiger partial charge in [0, 0.05) is 11.9 Å². The van der Waals surface area contributed by atoms with Gasteiger partial charge in [0.2, 0.25) is 5.91 Å². The van der Waals surface area contributed by atoms with Gasteiger partial charge in [-0.25, -0.2) is 0 Å². The van der Waals surface area contributed by atoms with Crippen LogP contribution < -0.4 is 5.32 Å². The van der Waals surface area contributed by atoms with E-state index in [-0.39, 0.29) is 18.1 Å². The number of thioether (sulfide) groups is 1. The van der Waals surface area contributed by atoms with Crippen molar-refractivity contribution in [2.24, 2.45) is 0 Å². The molecule has 3 nitrogen and oxygen atoms in total. The van der Waals surface area contributed by atoms with E-state index in [0.717, 1.165) is 11.1 Å². The summed E-state index contributed by atoms with van der Waals surface area (Å²) in [5, 5.41) is 3.43. The minimum Gasteiger partial charge on any atom is -0.324 e. The van der Waals surface area contributed by atoms with E-state index in [4.69, 9.17) is 0 Å². The van der Waals surface area contributed by atoms with Crippen LogP contribution in [0.1, 0.15) is 23.3 Å². The zero-order chi connectivity index (χ0) is 14.8. The van der Waals surface area contributed by atoms with E-state index in [1.807, 2.05) is 37.4 Å². The van der Waals surface area contributed by atoms with Crippen molar-refractivity contribution >= 4 is 17.7 Å². The number of amides is 1.